The topological polar surface area (TPSA) is 86.3 Å². The fraction of sp³-hybridized carbons (Fsp3) is 0.545. The third kappa shape index (κ3) is 3.30. The van der Waals surface area contributed by atoms with Crippen LogP contribution in [0.2, 0.25) is 0 Å². The van der Waals surface area contributed by atoms with Crippen LogP contribution in [-0.4, -0.2) is 44.2 Å². The van der Waals surface area contributed by atoms with Gasteiger partial charge in [0.15, 0.2) is 0 Å². The number of H-pyrrole nitrogens is 1. The predicted octanol–water partition coefficient (Wildman–Crippen LogP) is 1.04. The first kappa shape index (κ1) is 13.2. The van der Waals surface area contributed by atoms with Crippen LogP contribution in [0.5, 0.6) is 0 Å². The number of carbonyl (C=O) groups excluding carboxylic acids is 1. The van der Waals surface area contributed by atoms with Gasteiger partial charge in [-0.3, -0.25) is 14.7 Å². The molecule has 1 rings (SSSR count). The number of aryl methyl sites for hydroxylation is 1. The third-order valence-electron chi connectivity index (χ3n) is 2.27. The van der Waals surface area contributed by atoms with E-state index in [-0.39, 0.29) is 18.1 Å². The van der Waals surface area contributed by atoms with Crippen molar-refractivity contribution in [2.45, 2.75) is 33.2 Å². The summed E-state index contributed by atoms with van der Waals surface area (Å²) in [5.41, 5.74) is 0.429. The number of nitrogens with one attached hydrogen (secondary N) is 1. The molecule has 6 heteroatoms. The molecule has 0 saturated heterocycles. The van der Waals surface area contributed by atoms with Gasteiger partial charge in [-0.05, 0) is 33.8 Å². The van der Waals surface area contributed by atoms with Crippen molar-refractivity contribution in [3.8, 4) is 0 Å². The van der Waals surface area contributed by atoms with E-state index in [1.807, 2.05) is 0 Å². The lowest BCUT2D eigenvalue weighted by Gasteiger charge is -2.33. The number of aliphatic carboxylic acids is 1. The van der Waals surface area contributed by atoms with Gasteiger partial charge in [0.05, 0.1) is 0 Å². The van der Waals surface area contributed by atoms with Crippen molar-refractivity contribution >= 4 is 11.9 Å². The Morgan fingerprint density at radius 1 is 1.47 bits per heavy atom. The number of carboxylic acids is 1. The van der Waals surface area contributed by atoms with Gasteiger partial charge in [0, 0.05) is 11.2 Å². The van der Waals surface area contributed by atoms with Crippen molar-refractivity contribution in [2.24, 2.45) is 0 Å². The van der Waals surface area contributed by atoms with Crippen LogP contribution >= 0.6 is 0 Å². The van der Waals surface area contributed by atoms with E-state index in [9.17, 15) is 9.59 Å². The molecule has 1 heterocycles. The van der Waals surface area contributed by atoms with Gasteiger partial charge >= 0.3 is 5.97 Å². The molecule has 0 aliphatic carbocycles. The average molecular weight is 239 g/mol. The summed E-state index contributed by atoms with van der Waals surface area (Å²) < 4.78 is 0. The Hall–Kier alpha value is -1.85. The van der Waals surface area contributed by atoms with Crippen molar-refractivity contribution in [3.05, 3.63) is 17.5 Å². The first-order valence-electron chi connectivity index (χ1n) is 5.27. The van der Waals surface area contributed by atoms with Crippen molar-refractivity contribution in [3.63, 3.8) is 0 Å². The number of aromatic nitrogens is 2. The Bertz CT molecular complexity index is 431. The van der Waals surface area contributed by atoms with Crippen LogP contribution in [0.4, 0.5) is 0 Å². The van der Waals surface area contributed by atoms with Crippen molar-refractivity contribution in [1.29, 1.82) is 0 Å². The molecule has 0 radical (unpaired) electrons. The van der Waals surface area contributed by atoms with E-state index in [0.717, 1.165) is 5.69 Å². The van der Waals surface area contributed by atoms with E-state index in [4.69, 9.17) is 5.11 Å². The number of aromatic amines is 1. The van der Waals surface area contributed by atoms with E-state index in [1.165, 1.54) is 4.90 Å². The van der Waals surface area contributed by atoms with Gasteiger partial charge in [0.1, 0.15) is 12.2 Å². The minimum atomic E-state index is -1.04. The zero-order valence-corrected chi connectivity index (χ0v) is 10.4. The quantitative estimate of drug-likeness (QED) is 0.825. The summed E-state index contributed by atoms with van der Waals surface area (Å²) in [6.07, 6.45) is 0. The fourth-order valence-corrected chi connectivity index (χ4v) is 1.41. The van der Waals surface area contributed by atoms with Gasteiger partial charge in [-0.1, -0.05) is 0 Å². The van der Waals surface area contributed by atoms with E-state index in [0.29, 0.717) is 0 Å². The second-order valence-corrected chi connectivity index (χ2v) is 4.89. The van der Waals surface area contributed by atoms with Gasteiger partial charge < -0.3 is 10.0 Å². The Morgan fingerprint density at radius 2 is 2.06 bits per heavy atom. The zero-order valence-electron chi connectivity index (χ0n) is 10.4. The maximum absolute atomic E-state index is 12.1. The number of hydrogen-bond donors (Lipinski definition) is 2. The maximum atomic E-state index is 12.1. The van der Waals surface area contributed by atoms with E-state index >= 15 is 0 Å². The summed E-state index contributed by atoms with van der Waals surface area (Å²) in [5, 5.41) is 15.3. The van der Waals surface area contributed by atoms with E-state index in [1.54, 1.807) is 33.8 Å². The Kier molecular flexibility index (Phi) is 3.55. The molecule has 6 nitrogen and oxygen atoms in total. The number of carbonyl (C=O) groups is 2. The lowest BCUT2D eigenvalue weighted by molar-refractivity contribution is -0.138. The normalized spacial score (nSPS) is 11.3. The van der Waals surface area contributed by atoms with Crippen molar-refractivity contribution < 1.29 is 14.7 Å². The average Bonchev–Trinajstić information content (AvgIpc) is 2.58. The summed E-state index contributed by atoms with van der Waals surface area (Å²) in [7, 11) is 0. The number of amides is 1. The highest BCUT2D eigenvalue weighted by Crippen LogP contribution is 2.16. The van der Waals surface area contributed by atoms with E-state index in [2.05, 4.69) is 10.2 Å². The molecule has 0 bridgehead atoms. The number of nitrogens with zero attached hydrogens (tertiary/aromatic N) is 2. The fourth-order valence-electron chi connectivity index (χ4n) is 1.41. The highest BCUT2D eigenvalue weighted by molar-refractivity contribution is 5.94. The first-order chi connectivity index (χ1) is 7.71. The van der Waals surface area contributed by atoms with Crippen LogP contribution in [-0.2, 0) is 4.79 Å². The zero-order chi connectivity index (χ0) is 13.2. The summed E-state index contributed by atoms with van der Waals surface area (Å²) in [5.74, 6) is -1.43. The summed E-state index contributed by atoms with van der Waals surface area (Å²) >= 11 is 0. The summed E-state index contributed by atoms with van der Waals surface area (Å²) in [6.45, 7) is 6.80. The highest BCUT2D eigenvalue weighted by atomic mass is 16.4. The maximum Gasteiger partial charge on any atom is 0.323 e. The molecule has 1 aromatic heterocycles. The number of carboxylic acid groups (broad SMARTS) is 1. The van der Waals surface area contributed by atoms with Crippen LogP contribution in [0.15, 0.2) is 6.07 Å². The van der Waals surface area contributed by atoms with Gasteiger partial charge in [0.2, 0.25) is 0 Å². The molecule has 0 aromatic carbocycles. The SMILES string of the molecule is Cc1cc(C(=O)N(CC(=O)O)C(C)(C)C)n[nH]1. The molecule has 0 unspecified atom stereocenters. The second-order valence-electron chi connectivity index (χ2n) is 4.89. The number of rotatable bonds is 3. The van der Waals surface area contributed by atoms with Gasteiger partial charge in [0.25, 0.3) is 5.91 Å². The molecular weight excluding hydrogens is 222 g/mol. The van der Waals surface area contributed by atoms with Crippen molar-refractivity contribution in [1.82, 2.24) is 15.1 Å². The summed E-state index contributed by atoms with van der Waals surface area (Å²) in [6, 6.07) is 1.60. The minimum Gasteiger partial charge on any atom is -0.480 e. The van der Waals surface area contributed by atoms with Gasteiger partial charge in [-0.2, -0.15) is 5.10 Å². The Morgan fingerprint density at radius 3 is 2.41 bits per heavy atom. The Balaban J connectivity index is 2.99. The van der Waals surface area contributed by atoms with E-state index < -0.39 is 11.5 Å². The standard InChI is InChI=1S/C11H17N3O3/c1-7-5-8(13-12-7)10(17)14(6-9(15)16)11(2,3)4/h5H,6H2,1-4H3,(H,12,13)(H,15,16). The minimum absolute atomic E-state index is 0.235. The van der Waals surface area contributed by atoms with Crippen LogP contribution in [0, 0.1) is 6.92 Å². The third-order valence-corrected chi connectivity index (χ3v) is 2.27. The lowest BCUT2D eigenvalue weighted by Crippen LogP contribution is -2.48. The van der Waals surface area contributed by atoms with Gasteiger partial charge in [-0.15, -0.1) is 0 Å². The molecular formula is C11H17N3O3. The largest absolute Gasteiger partial charge is 0.480 e. The van der Waals surface area contributed by atoms with Crippen LogP contribution < -0.4 is 0 Å². The lowest BCUT2D eigenvalue weighted by atomic mass is 10.1. The van der Waals surface area contributed by atoms with Crippen molar-refractivity contribution in [2.75, 3.05) is 6.54 Å². The summed E-state index contributed by atoms with van der Waals surface area (Å²) in [4.78, 5) is 24.2. The second kappa shape index (κ2) is 4.57. The molecule has 0 aliphatic heterocycles. The molecule has 0 atom stereocenters. The molecule has 0 saturated carbocycles. The molecule has 1 amide bonds. The van der Waals surface area contributed by atoms with Crippen LogP contribution in [0.25, 0.3) is 0 Å². The molecule has 0 spiro atoms. The molecule has 2 N–H and O–H groups in total. The molecule has 94 valence electrons. The predicted molar refractivity (Wildman–Crippen MR) is 61.8 cm³/mol. The first-order valence-corrected chi connectivity index (χ1v) is 5.27. The Labute approximate surface area is 99.6 Å². The highest BCUT2D eigenvalue weighted by Gasteiger charge is 2.30. The number of hydrogen-bond acceptors (Lipinski definition) is 3. The molecule has 1 aromatic rings. The van der Waals surface area contributed by atoms with Crippen LogP contribution in [0.1, 0.15) is 37.0 Å². The van der Waals surface area contributed by atoms with Gasteiger partial charge in [-0.25, -0.2) is 0 Å². The molecule has 0 fully saturated rings. The smallest absolute Gasteiger partial charge is 0.323 e. The monoisotopic (exact) mass is 239 g/mol. The molecule has 0 aliphatic rings. The van der Waals surface area contributed by atoms with Crippen LogP contribution in [0.3, 0.4) is 0 Å². The molecule has 17 heavy (non-hydrogen) atoms.